The van der Waals surface area contributed by atoms with E-state index in [-0.39, 0.29) is 0 Å². The normalized spacial score (nSPS) is 18.0. The van der Waals surface area contributed by atoms with Crippen LogP contribution in [0.5, 0.6) is 0 Å². The Bertz CT molecular complexity index is 366. The van der Waals surface area contributed by atoms with E-state index in [1.165, 1.54) is 11.4 Å². The van der Waals surface area contributed by atoms with Crippen molar-refractivity contribution >= 4 is 0 Å². The quantitative estimate of drug-likeness (QED) is 0.751. The van der Waals surface area contributed by atoms with Gasteiger partial charge in [0, 0.05) is 23.8 Å². The van der Waals surface area contributed by atoms with Crippen LogP contribution in [0.3, 0.4) is 0 Å². The number of rotatable bonds is 3. The summed E-state index contributed by atoms with van der Waals surface area (Å²) in [6.45, 7) is 0. The topological polar surface area (TPSA) is 24.1 Å². The predicted octanol–water partition coefficient (Wildman–Crippen LogP) is 2.88. The Labute approximate surface area is 96.4 Å². The highest BCUT2D eigenvalue weighted by Crippen LogP contribution is 2.10. The maximum Gasteiger partial charge on any atom is 0.0150 e. The van der Waals surface area contributed by atoms with Crippen molar-refractivity contribution in [2.45, 2.75) is 12.8 Å². The monoisotopic (exact) mass is 212 g/mol. The fourth-order valence-corrected chi connectivity index (χ4v) is 1.57. The van der Waals surface area contributed by atoms with Gasteiger partial charge in [-0.25, -0.2) is 0 Å². The van der Waals surface area contributed by atoms with Crippen molar-refractivity contribution in [1.29, 1.82) is 0 Å². The fraction of sp³-hybridized carbons (Fsp3) is 0.143. The molecule has 16 heavy (non-hydrogen) atoms. The van der Waals surface area contributed by atoms with Crippen LogP contribution in [0.15, 0.2) is 72.4 Å². The molecule has 2 heteroatoms. The molecule has 0 amide bonds. The Morgan fingerprint density at radius 3 is 1.62 bits per heavy atom. The summed E-state index contributed by atoms with van der Waals surface area (Å²) in [6.07, 6.45) is 22.3. The van der Waals surface area contributed by atoms with Crippen LogP contribution in [-0.2, 0) is 0 Å². The molecular weight excluding hydrogens is 196 g/mol. The van der Waals surface area contributed by atoms with Crippen molar-refractivity contribution in [3.05, 3.63) is 72.4 Å². The van der Waals surface area contributed by atoms with Crippen LogP contribution < -0.4 is 10.6 Å². The Morgan fingerprint density at radius 2 is 1.12 bits per heavy atom. The van der Waals surface area contributed by atoms with E-state index in [0.29, 0.717) is 0 Å². The molecule has 0 aromatic rings. The molecular formula is C14H16N2. The van der Waals surface area contributed by atoms with E-state index >= 15 is 0 Å². The zero-order valence-electron chi connectivity index (χ0n) is 9.19. The lowest BCUT2D eigenvalue weighted by atomic mass is 10.1. The van der Waals surface area contributed by atoms with Gasteiger partial charge >= 0.3 is 0 Å². The number of nitrogens with one attached hydrogen (secondary N) is 2. The Kier molecular flexibility index (Phi) is 3.83. The van der Waals surface area contributed by atoms with E-state index in [2.05, 4.69) is 34.9 Å². The molecule has 0 unspecified atom stereocenters. The van der Waals surface area contributed by atoms with Gasteiger partial charge in [-0.2, -0.15) is 0 Å². The first-order valence-electron chi connectivity index (χ1n) is 5.53. The third-order valence-electron chi connectivity index (χ3n) is 2.43. The molecule has 82 valence electrons. The van der Waals surface area contributed by atoms with Crippen LogP contribution in [0.4, 0.5) is 0 Å². The van der Waals surface area contributed by atoms with E-state index in [1.54, 1.807) is 0 Å². The zero-order valence-corrected chi connectivity index (χ0v) is 9.19. The number of hydrogen-bond acceptors (Lipinski definition) is 2. The standard InChI is InChI=1S/C14H16N2/c1-3-7-13(15-11-5-1)9-10-14-8-4-2-6-12-16-14/h1-8,11-12,15-16H,9-10H2. The summed E-state index contributed by atoms with van der Waals surface area (Å²) in [5.41, 5.74) is 2.48. The highest BCUT2D eigenvalue weighted by Gasteiger charge is 1.99. The lowest BCUT2D eigenvalue weighted by Gasteiger charge is -2.08. The molecule has 2 heterocycles. The first-order valence-corrected chi connectivity index (χ1v) is 5.53. The second-order valence-electron chi connectivity index (χ2n) is 3.66. The molecule has 2 aliphatic rings. The van der Waals surface area contributed by atoms with Gasteiger partial charge in [0.2, 0.25) is 0 Å². The molecule has 2 nitrogen and oxygen atoms in total. The van der Waals surface area contributed by atoms with Crippen molar-refractivity contribution in [3.63, 3.8) is 0 Å². The molecule has 0 fully saturated rings. The summed E-state index contributed by atoms with van der Waals surface area (Å²) in [5, 5.41) is 6.53. The van der Waals surface area contributed by atoms with Crippen molar-refractivity contribution in [2.75, 3.05) is 0 Å². The maximum absolute atomic E-state index is 3.26. The highest BCUT2D eigenvalue weighted by molar-refractivity contribution is 5.24. The summed E-state index contributed by atoms with van der Waals surface area (Å²) in [7, 11) is 0. The minimum absolute atomic E-state index is 1.01. The van der Waals surface area contributed by atoms with Crippen molar-refractivity contribution < 1.29 is 0 Å². The second-order valence-corrected chi connectivity index (χ2v) is 3.66. The van der Waals surface area contributed by atoms with Crippen LogP contribution >= 0.6 is 0 Å². The van der Waals surface area contributed by atoms with Crippen LogP contribution in [0.2, 0.25) is 0 Å². The molecule has 0 radical (unpaired) electrons. The largest absolute Gasteiger partial charge is 0.365 e. The number of allylic oxidation sites excluding steroid dienone is 10. The molecule has 2 N–H and O–H groups in total. The van der Waals surface area contributed by atoms with E-state index < -0.39 is 0 Å². The van der Waals surface area contributed by atoms with Gasteiger partial charge in [-0.3, -0.25) is 0 Å². The molecule has 0 spiro atoms. The van der Waals surface area contributed by atoms with Crippen LogP contribution in [0, 0.1) is 0 Å². The molecule has 2 rings (SSSR count). The van der Waals surface area contributed by atoms with Crippen molar-refractivity contribution in [3.8, 4) is 0 Å². The average molecular weight is 212 g/mol. The first-order chi connectivity index (χ1) is 7.95. The van der Waals surface area contributed by atoms with Gasteiger partial charge in [-0.1, -0.05) is 24.3 Å². The minimum Gasteiger partial charge on any atom is -0.365 e. The summed E-state index contributed by atoms with van der Waals surface area (Å²) in [4.78, 5) is 0. The van der Waals surface area contributed by atoms with Gasteiger partial charge in [0.1, 0.15) is 0 Å². The maximum atomic E-state index is 3.26. The van der Waals surface area contributed by atoms with Crippen LogP contribution in [0.25, 0.3) is 0 Å². The molecule has 0 aromatic heterocycles. The SMILES string of the molecule is C1=CC=C(CCC2=CC=CC=CN2)NC=C1. The molecule has 0 bridgehead atoms. The van der Waals surface area contributed by atoms with Crippen LogP contribution in [-0.4, -0.2) is 0 Å². The molecule has 2 aliphatic heterocycles. The first kappa shape index (κ1) is 10.6. The predicted molar refractivity (Wildman–Crippen MR) is 68.2 cm³/mol. The van der Waals surface area contributed by atoms with Gasteiger partial charge < -0.3 is 10.6 Å². The van der Waals surface area contributed by atoms with Gasteiger partial charge in [-0.15, -0.1) is 0 Å². The van der Waals surface area contributed by atoms with E-state index in [9.17, 15) is 0 Å². The summed E-state index contributed by atoms with van der Waals surface area (Å²) < 4.78 is 0. The molecule has 0 saturated heterocycles. The van der Waals surface area contributed by atoms with Crippen molar-refractivity contribution in [1.82, 2.24) is 10.6 Å². The van der Waals surface area contributed by atoms with E-state index in [0.717, 1.165) is 12.8 Å². The van der Waals surface area contributed by atoms with Gasteiger partial charge in [0.05, 0.1) is 0 Å². The highest BCUT2D eigenvalue weighted by atomic mass is 14.9. The smallest absolute Gasteiger partial charge is 0.0150 e. The second kappa shape index (κ2) is 5.81. The Balaban J connectivity index is 1.87. The fourth-order valence-electron chi connectivity index (χ4n) is 1.57. The zero-order chi connectivity index (χ0) is 11.1. The van der Waals surface area contributed by atoms with Gasteiger partial charge in [-0.05, 0) is 37.1 Å². The summed E-state index contributed by atoms with van der Waals surface area (Å²) >= 11 is 0. The van der Waals surface area contributed by atoms with Gasteiger partial charge in [0.25, 0.3) is 0 Å². The minimum atomic E-state index is 1.01. The third-order valence-corrected chi connectivity index (χ3v) is 2.43. The summed E-state index contributed by atoms with van der Waals surface area (Å²) in [5.74, 6) is 0. The Hall–Kier alpha value is -1.96. The van der Waals surface area contributed by atoms with Gasteiger partial charge in [0.15, 0.2) is 0 Å². The average Bonchev–Trinajstić information content (AvgIpc) is 2.71. The Morgan fingerprint density at radius 1 is 0.625 bits per heavy atom. The third kappa shape index (κ3) is 3.31. The lowest BCUT2D eigenvalue weighted by Crippen LogP contribution is -2.08. The molecule has 0 aliphatic carbocycles. The molecule has 0 saturated carbocycles. The van der Waals surface area contributed by atoms with Crippen LogP contribution in [0.1, 0.15) is 12.8 Å². The van der Waals surface area contributed by atoms with Crippen molar-refractivity contribution in [2.24, 2.45) is 0 Å². The lowest BCUT2D eigenvalue weighted by molar-refractivity contribution is 0.813. The van der Waals surface area contributed by atoms with E-state index in [1.807, 2.05) is 36.7 Å². The summed E-state index contributed by atoms with van der Waals surface area (Å²) in [6, 6.07) is 0. The van der Waals surface area contributed by atoms with E-state index in [4.69, 9.17) is 0 Å². The molecule has 0 atom stereocenters. The number of hydrogen-bond donors (Lipinski definition) is 2. The molecule has 0 aromatic carbocycles.